The van der Waals surface area contributed by atoms with Gasteiger partial charge in [0.15, 0.2) is 0 Å². The van der Waals surface area contributed by atoms with Crippen molar-refractivity contribution in [3.63, 3.8) is 0 Å². The molecular formula is C31H40N2O2. The van der Waals surface area contributed by atoms with E-state index in [1.807, 2.05) is 6.07 Å². The number of allylic oxidation sites excluding steroid dienone is 5. The molecule has 4 nitrogen and oxygen atoms in total. The fraction of sp³-hybridized carbons (Fsp3) is 0.419. The summed E-state index contributed by atoms with van der Waals surface area (Å²) in [5.74, 6) is 0. The number of nitrogens with zero attached hydrogens (tertiary/aromatic N) is 2. The van der Waals surface area contributed by atoms with Crippen molar-refractivity contribution < 1.29 is 4.74 Å². The molecule has 1 aliphatic heterocycles. The Morgan fingerprint density at radius 3 is 2.46 bits per heavy atom. The van der Waals surface area contributed by atoms with Crippen molar-refractivity contribution in [2.24, 2.45) is 5.18 Å². The zero-order valence-electron chi connectivity index (χ0n) is 21.4. The summed E-state index contributed by atoms with van der Waals surface area (Å²) in [5.41, 5.74) is 7.27. The summed E-state index contributed by atoms with van der Waals surface area (Å²) in [5, 5.41) is 3.11. The summed E-state index contributed by atoms with van der Waals surface area (Å²) in [6.45, 7) is 9.41. The highest BCUT2D eigenvalue weighted by molar-refractivity contribution is 5.99. The van der Waals surface area contributed by atoms with Crippen LogP contribution in [0.2, 0.25) is 0 Å². The monoisotopic (exact) mass is 472 g/mol. The number of ether oxygens (including phenoxy) is 1. The largest absolute Gasteiger partial charge is 0.376 e. The molecule has 0 aromatic heterocycles. The van der Waals surface area contributed by atoms with Crippen molar-refractivity contribution in [1.29, 1.82) is 0 Å². The summed E-state index contributed by atoms with van der Waals surface area (Å²) in [6, 6.07) is 19.3. The van der Waals surface area contributed by atoms with Crippen LogP contribution in [0.4, 0.5) is 0 Å². The van der Waals surface area contributed by atoms with Gasteiger partial charge in [0, 0.05) is 6.54 Å². The number of likely N-dealkylation sites (tertiary alicyclic amines) is 1. The molecule has 0 saturated carbocycles. The molecule has 0 aliphatic carbocycles. The Bertz CT molecular complexity index is 984. The van der Waals surface area contributed by atoms with Crippen molar-refractivity contribution in [2.75, 3.05) is 39.4 Å². The van der Waals surface area contributed by atoms with E-state index < -0.39 is 0 Å². The highest BCUT2D eigenvalue weighted by atomic mass is 16.5. The van der Waals surface area contributed by atoms with Gasteiger partial charge in [0.05, 0.1) is 19.8 Å². The van der Waals surface area contributed by atoms with Gasteiger partial charge in [-0.3, -0.25) is 0 Å². The first-order valence-electron chi connectivity index (χ1n) is 13.0. The molecule has 0 amide bonds. The van der Waals surface area contributed by atoms with Gasteiger partial charge in [-0.15, -0.1) is 0 Å². The van der Waals surface area contributed by atoms with Crippen LogP contribution in [0.3, 0.4) is 0 Å². The van der Waals surface area contributed by atoms with Crippen LogP contribution in [0, 0.1) is 11.8 Å². The number of hydrogen-bond donors (Lipinski definition) is 0. The first kappa shape index (κ1) is 26.8. The lowest BCUT2D eigenvalue weighted by atomic mass is 9.86. The number of hydrogen-bond acceptors (Lipinski definition) is 4. The van der Waals surface area contributed by atoms with Gasteiger partial charge in [0.25, 0.3) is 0 Å². The summed E-state index contributed by atoms with van der Waals surface area (Å²) in [6.07, 6.45) is 11.7. The van der Waals surface area contributed by atoms with E-state index in [1.165, 1.54) is 59.3 Å². The van der Waals surface area contributed by atoms with E-state index in [9.17, 15) is 4.91 Å². The zero-order chi connectivity index (χ0) is 24.7. The SMILES string of the molecule is CC/C=C(\C=C/COCCN1CCCC1)C(=C(/CCCN=O)c1ccccc1)/c1ccc(C)cc1. The Morgan fingerprint density at radius 2 is 1.77 bits per heavy atom. The minimum atomic E-state index is 0.324. The van der Waals surface area contributed by atoms with Crippen LogP contribution in [-0.2, 0) is 4.74 Å². The van der Waals surface area contributed by atoms with Crippen molar-refractivity contribution in [3.05, 3.63) is 100.0 Å². The van der Waals surface area contributed by atoms with Crippen LogP contribution < -0.4 is 0 Å². The predicted octanol–water partition coefficient (Wildman–Crippen LogP) is 7.46. The van der Waals surface area contributed by atoms with Crippen LogP contribution in [0.5, 0.6) is 0 Å². The first-order chi connectivity index (χ1) is 17.2. The predicted molar refractivity (Wildman–Crippen MR) is 148 cm³/mol. The average Bonchev–Trinajstić information content (AvgIpc) is 3.40. The molecule has 186 valence electrons. The second kappa shape index (κ2) is 15.2. The molecule has 1 saturated heterocycles. The van der Waals surface area contributed by atoms with E-state index >= 15 is 0 Å². The van der Waals surface area contributed by atoms with Crippen LogP contribution >= 0.6 is 0 Å². The van der Waals surface area contributed by atoms with Crippen molar-refractivity contribution >= 4 is 11.1 Å². The Balaban J connectivity index is 1.90. The van der Waals surface area contributed by atoms with Crippen LogP contribution in [0.1, 0.15) is 55.7 Å². The highest BCUT2D eigenvalue weighted by Crippen LogP contribution is 2.36. The van der Waals surface area contributed by atoms with Crippen molar-refractivity contribution in [1.82, 2.24) is 4.90 Å². The van der Waals surface area contributed by atoms with E-state index in [2.05, 4.69) is 90.7 Å². The van der Waals surface area contributed by atoms with Gasteiger partial charge in [0.2, 0.25) is 0 Å². The normalized spacial score (nSPS) is 15.5. The molecule has 2 aromatic rings. The number of benzene rings is 2. The third-order valence-corrected chi connectivity index (χ3v) is 6.42. The Labute approximate surface area is 211 Å². The second-order valence-electron chi connectivity index (χ2n) is 9.14. The standard InChI is InChI=1S/C31H40N2O2/c1-3-11-28(14-10-24-35-25-23-33-21-7-8-22-33)31(29-18-16-26(2)17-19-29)30(15-9-20-32-34)27-12-5-4-6-13-27/h4-6,10-14,16-19H,3,7-9,15,20-25H2,1-2H3/b14-10-,28-11+,31-30+. The lowest BCUT2D eigenvalue weighted by Gasteiger charge is -2.18. The second-order valence-corrected chi connectivity index (χ2v) is 9.14. The van der Waals surface area contributed by atoms with E-state index in [-0.39, 0.29) is 0 Å². The summed E-state index contributed by atoms with van der Waals surface area (Å²) in [7, 11) is 0. The molecule has 0 unspecified atom stereocenters. The quantitative estimate of drug-likeness (QED) is 0.124. The van der Waals surface area contributed by atoms with Gasteiger partial charge < -0.3 is 9.64 Å². The highest BCUT2D eigenvalue weighted by Gasteiger charge is 2.15. The maximum Gasteiger partial charge on any atom is 0.0814 e. The lowest BCUT2D eigenvalue weighted by molar-refractivity contribution is 0.133. The molecule has 3 rings (SSSR count). The zero-order valence-corrected chi connectivity index (χ0v) is 21.4. The molecule has 1 aliphatic rings. The smallest absolute Gasteiger partial charge is 0.0814 e. The fourth-order valence-corrected chi connectivity index (χ4v) is 4.61. The summed E-state index contributed by atoms with van der Waals surface area (Å²) in [4.78, 5) is 13.3. The van der Waals surface area contributed by atoms with E-state index in [0.29, 0.717) is 13.2 Å². The topological polar surface area (TPSA) is 41.9 Å². The maximum absolute atomic E-state index is 10.8. The third kappa shape index (κ3) is 8.72. The van der Waals surface area contributed by atoms with Crippen LogP contribution in [0.15, 0.2) is 83.6 Å². The number of rotatable bonds is 14. The van der Waals surface area contributed by atoms with Gasteiger partial charge in [-0.25, -0.2) is 0 Å². The third-order valence-electron chi connectivity index (χ3n) is 6.42. The Hall–Kier alpha value is -2.82. The number of nitroso groups, excluding NO2 is 1. The Kier molecular flexibility index (Phi) is 11.7. The molecule has 4 heteroatoms. The minimum Gasteiger partial charge on any atom is -0.376 e. The van der Waals surface area contributed by atoms with Crippen LogP contribution in [0.25, 0.3) is 11.1 Å². The molecule has 0 N–H and O–H groups in total. The van der Waals surface area contributed by atoms with Gasteiger partial charge in [0.1, 0.15) is 0 Å². The average molecular weight is 473 g/mol. The van der Waals surface area contributed by atoms with Crippen molar-refractivity contribution in [2.45, 2.75) is 46.0 Å². The maximum atomic E-state index is 10.8. The molecule has 1 fully saturated rings. The first-order valence-corrected chi connectivity index (χ1v) is 13.0. The van der Waals surface area contributed by atoms with Gasteiger partial charge in [-0.05, 0) is 80.0 Å². The molecule has 0 atom stereocenters. The van der Waals surface area contributed by atoms with E-state index in [0.717, 1.165) is 32.4 Å². The fourth-order valence-electron chi connectivity index (χ4n) is 4.61. The van der Waals surface area contributed by atoms with E-state index in [4.69, 9.17) is 4.74 Å². The van der Waals surface area contributed by atoms with Gasteiger partial charge in [-0.1, -0.05) is 90.5 Å². The molecule has 0 bridgehead atoms. The van der Waals surface area contributed by atoms with E-state index in [1.54, 1.807) is 0 Å². The number of aryl methyl sites for hydroxylation is 1. The molecular weight excluding hydrogens is 432 g/mol. The molecule has 35 heavy (non-hydrogen) atoms. The Morgan fingerprint density at radius 1 is 1.03 bits per heavy atom. The molecule has 0 spiro atoms. The molecule has 0 radical (unpaired) electrons. The molecule has 2 aromatic carbocycles. The van der Waals surface area contributed by atoms with Crippen LogP contribution in [-0.4, -0.2) is 44.3 Å². The molecule has 1 heterocycles. The lowest BCUT2D eigenvalue weighted by Crippen LogP contribution is -2.23. The minimum absolute atomic E-state index is 0.324. The van der Waals surface area contributed by atoms with Gasteiger partial charge >= 0.3 is 0 Å². The summed E-state index contributed by atoms with van der Waals surface area (Å²) < 4.78 is 5.93. The summed E-state index contributed by atoms with van der Waals surface area (Å²) >= 11 is 0. The van der Waals surface area contributed by atoms with Crippen molar-refractivity contribution in [3.8, 4) is 0 Å². The van der Waals surface area contributed by atoms with Gasteiger partial charge in [-0.2, -0.15) is 4.91 Å².